The third kappa shape index (κ3) is 4.93. The second-order valence-electron chi connectivity index (χ2n) is 9.62. The smallest absolute Gasteiger partial charge is 0.0136 e. The van der Waals surface area contributed by atoms with E-state index in [9.17, 15) is 0 Å². The Hall–Kier alpha value is 0.860. The molecule has 0 atom stereocenters. The molecule has 0 aromatic carbocycles. The summed E-state index contributed by atoms with van der Waals surface area (Å²) in [4.78, 5) is 0. The van der Waals surface area contributed by atoms with Crippen LogP contribution >= 0.6 is 15.2 Å². The third-order valence-electron chi connectivity index (χ3n) is 5.40. The molecule has 0 spiro atoms. The molecule has 2 heteroatoms. The zero-order chi connectivity index (χ0) is 16.4. The highest BCUT2D eigenvalue weighted by molar-refractivity contribution is 8.31. The SMILES string of the molecule is CC(C)(C)P(P(C1CCCCC1)C1CCCCC1)C(C)(C)C. The van der Waals surface area contributed by atoms with Crippen molar-refractivity contribution in [1.82, 2.24) is 0 Å². The molecule has 22 heavy (non-hydrogen) atoms. The van der Waals surface area contributed by atoms with Crippen molar-refractivity contribution in [3.05, 3.63) is 0 Å². The number of hydrogen-bond acceptors (Lipinski definition) is 0. The van der Waals surface area contributed by atoms with Gasteiger partial charge in [0.15, 0.2) is 0 Å². The predicted octanol–water partition coefficient (Wildman–Crippen LogP) is 8.13. The fraction of sp³-hybridized carbons (Fsp3) is 1.00. The molecule has 0 nitrogen and oxygen atoms in total. The molecule has 0 unspecified atom stereocenters. The second kappa shape index (κ2) is 7.83. The van der Waals surface area contributed by atoms with Gasteiger partial charge in [0.05, 0.1) is 0 Å². The average molecular weight is 342 g/mol. The van der Waals surface area contributed by atoms with Crippen LogP contribution in [0.1, 0.15) is 106 Å². The Labute approximate surface area is 143 Å². The fourth-order valence-corrected chi connectivity index (χ4v) is 19.0. The van der Waals surface area contributed by atoms with Crippen LogP contribution in [0, 0.1) is 0 Å². The van der Waals surface area contributed by atoms with E-state index in [4.69, 9.17) is 0 Å². The molecule has 0 aliphatic heterocycles. The van der Waals surface area contributed by atoms with Gasteiger partial charge in [0, 0.05) is 0 Å². The van der Waals surface area contributed by atoms with Gasteiger partial charge in [0.25, 0.3) is 0 Å². The molecule has 2 saturated carbocycles. The van der Waals surface area contributed by atoms with E-state index in [0.717, 1.165) is 11.3 Å². The summed E-state index contributed by atoms with van der Waals surface area (Å²) in [6.45, 7) is 15.4. The van der Waals surface area contributed by atoms with Crippen LogP contribution in [0.5, 0.6) is 0 Å². The van der Waals surface area contributed by atoms with Crippen LogP contribution in [-0.2, 0) is 0 Å². The molecule has 2 fully saturated rings. The van der Waals surface area contributed by atoms with Gasteiger partial charge in [-0.25, -0.2) is 0 Å². The Balaban J connectivity index is 2.31. The third-order valence-corrected chi connectivity index (χ3v) is 17.9. The lowest BCUT2D eigenvalue weighted by Crippen LogP contribution is -2.30. The van der Waals surface area contributed by atoms with E-state index in [1.54, 1.807) is 25.7 Å². The van der Waals surface area contributed by atoms with E-state index < -0.39 is 0 Å². The van der Waals surface area contributed by atoms with E-state index in [2.05, 4.69) is 41.5 Å². The van der Waals surface area contributed by atoms with Crippen molar-refractivity contribution in [3.63, 3.8) is 0 Å². The lowest BCUT2D eigenvalue weighted by atomic mass is 10.00. The van der Waals surface area contributed by atoms with E-state index in [0.29, 0.717) is 10.3 Å². The summed E-state index contributed by atoms with van der Waals surface area (Å²) >= 11 is 0. The molecule has 2 aliphatic carbocycles. The quantitative estimate of drug-likeness (QED) is 0.454. The summed E-state index contributed by atoms with van der Waals surface area (Å²) in [6, 6.07) is 0. The molecule has 2 aliphatic rings. The highest BCUT2D eigenvalue weighted by Gasteiger charge is 2.45. The molecular formula is C20H40P2. The first-order chi connectivity index (χ1) is 10.2. The van der Waals surface area contributed by atoms with Crippen molar-refractivity contribution in [1.29, 1.82) is 0 Å². The molecule has 0 aromatic heterocycles. The van der Waals surface area contributed by atoms with E-state index in [1.165, 1.54) is 38.5 Å². The maximum absolute atomic E-state index is 2.56. The van der Waals surface area contributed by atoms with Crippen LogP contribution < -0.4 is 0 Å². The Morgan fingerprint density at radius 3 is 1.14 bits per heavy atom. The average Bonchev–Trinajstić information content (AvgIpc) is 2.44. The maximum atomic E-state index is 2.56. The summed E-state index contributed by atoms with van der Waals surface area (Å²) < 4.78 is 0. The second-order valence-corrected chi connectivity index (χ2v) is 17.7. The van der Waals surface area contributed by atoms with E-state index in [1.807, 2.05) is 0 Å². The standard InChI is InChI=1S/C20H40P2/c1-19(2,3)22(20(4,5)6)21(17-13-9-7-10-14-17)18-15-11-8-12-16-18/h17-18H,7-16H2,1-6H3. The summed E-state index contributed by atoms with van der Waals surface area (Å²) in [7, 11) is 0.341. The molecule has 130 valence electrons. The minimum Gasteiger partial charge on any atom is -0.0736 e. The molecule has 0 bridgehead atoms. The van der Waals surface area contributed by atoms with Crippen molar-refractivity contribution >= 4 is 15.2 Å². The fourth-order valence-electron chi connectivity index (χ4n) is 5.01. The molecule has 0 heterocycles. The summed E-state index contributed by atoms with van der Waals surface area (Å²) in [5, 5.41) is 1.04. The minimum absolute atomic E-state index is 0.113. The van der Waals surface area contributed by atoms with Crippen LogP contribution in [0.15, 0.2) is 0 Å². The monoisotopic (exact) mass is 342 g/mol. The van der Waals surface area contributed by atoms with Gasteiger partial charge in [-0.05, 0) is 47.3 Å². The number of hydrogen-bond donors (Lipinski definition) is 0. The minimum atomic E-state index is 0.113. The van der Waals surface area contributed by atoms with Crippen molar-refractivity contribution in [3.8, 4) is 0 Å². The normalized spacial score (nSPS) is 23.5. The highest BCUT2D eigenvalue weighted by Crippen LogP contribution is 2.85. The largest absolute Gasteiger partial charge is 0.0736 e. The van der Waals surface area contributed by atoms with E-state index in [-0.39, 0.29) is 15.2 Å². The Morgan fingerprint density at radius 2 is 0.864 bits per heavy atom. The lowest BCUT2D eigenvalue weighted by Gasteiger charge is -2.53. The topological polar surface area (TPSA) is 0 Å². The van der Waals surface area contributed by atoms with Gasteiger partial charge >= 0.3 is 0 Å². The van der Waals surface area contributed by atoms with Gasteiger partial charge in [0.2, 0.25) is 0 Å². The first kappa shape index (κ1) is 19.2. The highest BCUT2D eigenvalue weighted by atomic mass is 32.1. The molecule has 0 aromatic rings. The van der Waals surface area contributed by atoms with Crippen LogP contribution in [-0.4, -0.2) is 21.6 Å². The van der Waals surface area contributed by atoms with Gasteiger partial charge in [0.1, 0.15) is 0 Å². The summed E-state index contributed by atoms with van der Waals surface area (Å²) in [6.07, 6.45) is 15.4. The van der Waals surface area contributed by atoms with Gasteiger partial charge in [-0.15, -0.1) is 0 Å². The van der Waals surface area contributed by atoms with Gasteiger partial charge in [-0.1, -0.05) is 95.3 Å². The van der Waals surface area contributed by atoms with Crippen LogP contribution in [0.4, 0.5) is 0 Å². The van der Waals surface area contributed by atoms with Gasteiger partial charge in [-0.3, -0.25) is 0 Å². The first-order valence-electron chi connectivity index (χ1n) is 9.80. The molecule has 0 N–H and O–H groups in total. The van der Waals surface area contributed by atoms with Crippen LogP contribution in [0.25, 0.3) is 0 Å². The van der Waals surface area contributed by atoms with Crippen molar-refractivity contribution in [2.24, 2.45) is 0 Å². The van der Waals surface area contributed by atoms with Crippen molar-refractivity contribution in [2.45, 2.75) is 127 Å². The van der Waals surface area contributed by atoms with Crippen LogP contribution in [0.3, 0.4) is 0 Å². The van der Waals surface area contributed by atoms with E-state index >= 15 is 0 Å². The van der Waals surface area contributed by atoms with Gasteiger partial charge in [-0.2, -0.15) is 0 Å². The molecule has 0 amide bonds. The summed E-state index contributed by atoms with van der Waals surface area (Å²) in [5.41, 5.74) is 2.22. The Kier molecular flexibility index (Phi) is 6.83. The van der Waals surface area contributed by atoms with Crippen LogP contribution in [0.2, 0.25) is 0 Å². The molecule has 2 rings (SSSR count). The lowest BCUT2D eigenvalue weighted by molar-refractivity contribution is 0.487. The predicted molar refractivity (Wildman–Crippen MR) is 107 cm³/mol. The zero-order valence-corrected chi connectivity index (χ0v) is 17.9. The maximum Gasteiger partial charge on any atom is -0.0136 e. The first-order valence-corrected chi connectivity index (χ1v) is 13.3. The Bertz CT molecular complexity index is 293. The Morgan fingerprint density at radius 1 is 0.545 bits per heavy atom. The molecular weight excluding hydrogens is 302 g/mol. The zero-order valence-electron chi connectivity index (χ0n) is 16.1. The van der Waals surface area contributed by atoms with Crippen molar-refractivity contribution in [2.75, 3.05) is 0 Å². The summed E-state index contributed by atoms with van der Waals surface area (Å²) in [5.74, 6) is 0. The molecule has 0 saturated heterocycles. The molecule has 0 radical (unpaired) electrons. The van der Waals surface area contributed by atoms with Gasteiger partial charge < -0.3 is 0 Å². The van der Waals surface area contributed by atoms with Crippen molar-refractivity contribution < 1.29 is 0 Å². The number of rotatable bonds is 3.